The predicted molar refractivity (Wildman–Crippen MR) is 154 cm³/mol. The summed E-state index contributed by atoms with van der Waals surface area (Å²) in [6, 6.07) is 21.7. The number of carbonyl (C=O) groups is 2. The van der Waals surface area contributed by atoms with Crippen molar-refractivity contribution in [2.75, 3.05) is 28.6 Å². The summed E-state index contributed by atoms with van der Waals surface area (Å²) in [7, 11) is 0. The molecule has 230 valence electrons. The van der Waals surface area contributed by atoms with E-state index in [1.165, 1.54) is 4.90 Å². The van der Waals surface area contributed by atoms with E-state index < -0.39 is 41.2 Å². The summed E-state index contributed by atoms with van der Waals surface area (Å²) in [5.74, 6) is 1.10. The molecule has 0 atom stereocenters. The van der Waals surface area contributed by atoms with Gasteiger partial charge in [-0.25, -0.2) is 9.59 Å². The maximum absolute atomic E-state index is 13.3. The average Bonchev–Trinajstić information content (AvgIpc) is 2.95. The van der Waals surface area contributed by atoms with Crippen molar-refractivity contribution in [3.8, 4) is 11.5 Å². The van der Waals surface area contributed by atoms with Crippen LogP contribution in [0.25, 0.3) is 0 Å². The monoisotopic (exact) mass is 616 g/mol. The molecule has 13 heteroatoms. The molecule has 0 heterocycles. The molecule has 0 saturated carbocycles. The lowest BCUT2D eigenvalue weighted by atomic mass is 10.1. The molecule has 0 bridgehead atoms. The summed E-state index contributed by atoms with van der Waals surface area (Å²) in [6.07, 6.45) is -10.1. The van der Waals surface area contributed by atoms with Crippen LogP contribution in [-0.4, -0.2) is 25.2 Å². The number of alkyl halides is 6. The van der Waals surface area contributed by atoms with Gasteiger partial charge in [0.25, 0.3) is 0 Å². The van der Waals surface area contributed by atoms with Crippen LogP contribution in [0.15, 0.2) is 97.1 Å². The molecule has 4 amide bonds. The molecule has 0 unspecified atom stereocenters. The van der Waals surface area contributed by atoms with Crippen molar-refractivity contribution < 1.29 is 40.7 Å². The highest BCUT2D eigenvalue weighted by Crippen LogP contribution is 2.37. The van der Waals surface area contributed by atoms with E-state index >= 15 is 0 Å². The van der Waals surface area contributed by atoms with Crippen LogP contribution in [0.1, 0.15) is 16.7 Å². The van der Waals surface area contributed by atoms with E-state index in [4.69, 9.17) is 4.74 Å². The third-order valence-corrected chi connectivity index (χ3v) is 6.11. The fraction of sp³-hybridized carbons (Fsp3) is 0.161. The van der Waals surface area contributed by atoms with Gasteiger partial charge in [0.2, 0.25) is 0 Å². The zero-order valence-corrected chi connectivity index (χ0v) is 23.1. The number of hydrogen-bond acceptors (Lipinski definition) is 3. The van der Waals surface area contributed by atoms with Gasteiger partial charge in [0, 0.05) is 30.2 Å². The van der Waals surface area contributed by atoms with E-state index in [9.17, 15) is 35.9 Å². The Hall–Kier alpha value is -5.20. The molecule has 7 nitrogen and oxygen atoms in total. The predicted octanol–water partition coefficient (Wildman–Crippen LogP) is 8.69. The van der Waals surface area contributed by atoms with Gasteiger partial charge in [0.05, 0.1) is 11.1 Å². The first-order valence-electron chi connectivity index (χ1n) is 13.1. The molecular weight excluding hydrogens is 590 g/mol. The van der Waals surface area contributed by atoms with Gasteiger partial charge in [0.15, 0.2) is 0 Å². The first kappa shape index (κ1) is 31.7. The number of para-hydroxylation sites is 1. The van der Waals surface area contributed by atoms with Gasteiger partial charge in [0.1, 0.15) is 11.5 Å². The van der Waals surface area contributed by atoms with Crippen molar-refractivity contribution in [2.24, 2.45) is 0 Å². The van der Waals surface area contributed by atoms with Gasteiger partial charge >= 0.3 is 24.4 Å². The smallest absolute Gasteiger partial charge is 0.416 e. The largest absolute Gasteiger partial charge is 0.457 e. The van der Waals surface area contributed by atoms with Crippen molar-refractivity contribution in [1.29, 1.82) is 0 Å². The number of ether oxygens (including phenoxy) is 1. The van der Waals surface area contributed by atoms with E-state index in [0.717, 1.165) is 5.56 Å². The van der Waals surface area contributed by atoms with Crippen LogP contribution < -0.4 is 25.6 Å². The Kier molecular flexibility index (Phi) is 9.67. The summed E-state index contributed by atoms with van der Waals surface area (Å²) in [5, 5.41) is 7.13. The third-order valence-electron chi connectivity index (χ3n) is 6.11. The number of halogens is 6. The highest BCUT2D eigenvalue weighted by Gasteiger charge is 2.37. The number of benzene rings is 4. The second kappa shape index (κ2) is 13.4. The standard InChI is InChI=1S/C31H26F6N4O3/c1-20-6-5-7-23(16-20)40-29(43)41(25-10-12-27(13-11-25)44-26-8-3-2-4-9-26)15-14-38-28(42)39-24-18-21(30(32,33)34)17-22(19-24)31(35,36)37/h2-13,16-19H,14-15H2,1H3,(H,40,43)(H2,38,39,42). The molecule has 4 rings (SSSR count). The molecule has 4 aromatic rings. The van der Waals surface area contributed by atoms with E-state index in [2.05, 4.69) is 10.6 Å². The van der Waals surface area contributed by atoms with Crippen LogP contribution in [0.4, 0.5) is 53.0 Å². The minimum absolute atomic E-state index is 0.0377. The number of hydrogen-bond donors (Lipinski definition) is 3. The Morgan fingerprint density at radius 2 is 1.32 bits per heavy atom. The van der Waals surface area contributed by atoms with Crippen LogP contribution >= 0.6 is 0 Å². The highest BCUT2D eigenvalue weighted by atomic mass is 19.4. The minimum atomic E-state index is -5.07. The van der Waals surface area contributed by atoms with Gasteiger partial charge < -0.3 is 20.7 Å². The molecule has 0 saturated heterocycles. The van der Waals surface area contributed by atoms with E-state index in [1.54, 1.807) is 54.6 Å². The topological polar surface area (TPSA) is 82.7 Å². The van der Waals surface area contributed by atoms with E-state index in [-0.39, 0.29) is 19.2 Å². The quantitative estimate of drug-likeness (QED) is 0.173. The third kappa shape index (κ3) is 8.90. The maximum atomic E-state index is 13.3. The van der Waals surface area contributed by atoms with Crippen molar-refractivity contribution in [2.45, 2.75) is 19.3 Å². The second-order valence-electron chi connectivity index (χ2n) is 9.54. The van der Waals surface area contributed by atoms with Gasteiger partial charge in [-0.3, -0.25) is 4.90 Å². The number of rotatable bonds is 8. The van der Waals surface area contributed by atoms with Crippen LogP contribution in [-0.2, 0) is 12.4 Å². The Bertz CT molecular complexity index is 1560. The highest BCUT2D eigenvalue weighted by molar-refractivity contribution is 6.02. The van der Waals surface area contributed by atoms with Gasteiger partial charge in [-0.1, -0.05) is 30.3 Å². The molecular formula is C31H26F6N4O3. The lowest BCUT2D eigenvalue weighted by Gasteiger charge is -2.24. The Balaban J connectivity index is 1.47. The fourth-order valence-electron chi connectivity index (χ4n) is 4.06. The zero-order chi connectivity index (χ0) is 31.9. The lowest BCUT2D eigenvalue weighted by Crippen LogP contribution is -2.42. The average molecular weight is 617 g/mol. The van der Waals surface area contributed by atoms with Crippen LogP contribution in [0.3, 0.4) is 0 Å². The van der Waals surface area contributed by atoms with Gasteiger partial charge in [-0.2, -0.15) is 26.3 Å². The molecule has 3 N–H and O–H groups in total. The van der Waals surface area contributed by atoms with E-state index in [1.807, 2.05) is 36.5 Å². The first-order chi connectivity index (χ1) is 20.8. The van der Waals surface area contributed by atoms with Crippen molar-refractivity contribution >= 4 is 29.1 Å². The summed E-state index contributed by atoms with van der Waals surface area (Å²) < 4.78 is 84.8. The fourth-order valence-corrected chi connectivity index (χ4v) is 4.06. The van der Waals surface area contributed by atoms with Crippen LogP contribution in [0.2, 0.25) is 0 Å². The van der Waals surface area contributed by atoms with Crippen molar-refractivity contribution in [1.82, 2.24) is 5.32 Å². The molecule has 0 aromatic heterocycles. The first-order valence-corrected chi connectivity index (χ1v) is 13.1. The number of carbonyl (C=O) groups excluding carboxylic acids is 2. The molecule has 0 aliphatic rings. The summed E-state index contributed by atoms with van der Waals surface area (Å²) >= 11 is 0. The number of nitrogens with zero attached hydrogens (tertiary/aromatic N) is 1. The Morgan fingerprint density at radius 3 is 1.91 bits per heavy atom. The number of anilines is 3. The van der Waals surface area contributed by atoms with Crippen molar-refractivity contribution in [3.05, 3.63) is 114 Å². The normalized spacial score (nSPS) is 11.4. The van der Waals surface area contributed by atoms with Crippen LogP contribution in [0.5, 0.6) is 11.5 Å². The number of amides is 4. The number of nitrogens with one attached hydrogen (secondary N) is 3. The second-order valence-corrected chi connectivity index (χ2v) is 9.54. The van der Waals surface area contributed by atoms with Crippen LogP contribution in [0, 0.1) is 6.92 Å². The van der Waals surface area contributed by atoms with E-state index in [0.29, 0.717) is 35.0 Å². The molecule has 0 aliphatic heterocycles. The number of aryl methyl sites for hydroxylation is 1. The Morgan fingerprint density at radius 1 is 0.705 bits per heavy atom. The molecule has 0 spiro atoms. The Labute approximate surface area is 248 Å². The van der Waals surface area contributed by atoms with Crippen molar-refractivity contribution in [3.63, 3.8) is 0 Å². The number of urea groups is 2. The van der Waals surface area contributed by atoms with Gasteiger partial charge in [-0.15, -0.1) is 0 Å². The molecule has 0 radical (unpaired) electrons. The molecule has 0 fully saturated rings. The molecule has 4 aromatic carbocycles. The molecule has 0 aliphatic carbocycles. The molecule has 44 heavy (non-hydrogen) atoms. The maximum Gasteiger partial charge on any atom is 0.416 e. The minimum Gasteiger partial charge on any atom is -0.457 e. The summed E-state index contributed by atoms with van der Waals surface area (Å²) in [4.78, 5) is 27.0. The zero-order valence-electron chi connectivity index (χ0n) is 23.1. The SMILES string of the molecule is Cc1cccc(NC(=O)N(CCNC(=O)Nc2cc(C(F)(F)F)cc(C(F)(F)F)c2)c2ccc(Oc3ccccc3)cc2)c1. The van der Waals surface area contributed by atoms with Gasteiger partial charge in [-0.05, 0) is 79.2 Å². The summed E-state index contributed by atoms with van der Waals surface area (Å²) in [6.45, 7) is 1.53. The summed E-state index contributed by atoms with van der Waals surface area (Å²) in [5.41, 5.74) is -2.00. The lowest BCUT2D eigenvalue weighted by molar-refractivity contribution is -0.143.